The summed E-state index contributed by atoms with van der Waals surface area (Å²) in [6.07, 6.45) is 1.91. The Kier molecular flexibility index (Phi) is 1.94. The molecule has 0 saturated heterocycles. The molecule has 3 aromatic rings. The van der Waals surface area contributed by atoms with Crippen LogP contribution in [0.2, 0.25) is 0 Å². The van der Waals surface area contributed by atoms with Gasteiger partial charge in [-0.05, 0) is 24.3 Å². The van der Waals surface area contributed by atoms with E-state index in [0.717, 1.165) is 32.3 Å². The minimum atomic E-state index is -1.01. The van der Waals surface area contributed by atoms with E-state index in [-0.39, 0.29) is 0 Å². The maximum absolute atomic E-state index is 11.8. The first kappa shape index (κ1) is 9.97. The molecule has 0 fully saturated rings. The van der Waals surface area contributed by atoms with Crippen molar-refractivity contribution < 1.29 is 4.21 Å². The Balaban J connectivity index is 2.20. The predicted molar refractivity (Wildman–Crippen MR) is 74.7 cm³/mol. The molecule has 0 radical (unpaired) electrons. The van der Waals surface area contributed by atoms with E-state index in [2.05, 4.69) is 12.1 Å². The van der Waals surface area contributed by atoms with Crippen molar-refractivity contribution in [2.45, 2.75) is 4.90 Å². The summed E-state index contributed by atoms with van der Waals surface area (Å²) in [5, 5.41) is 3.95. The molecule has 0 spiro atoms. The highest BCUT2D eigenvalue weighted by Gasteiger charge is 2.16. The Morgan fingerprint density at radius 3 is 2.83 bits per heavy atom. The number of rotatable bonds is 0. The third kappa shape index (κ3) is 1.28. The Morgan fingerprint density at radius 2 is 1.89 bits per heavy atom. The maximum atomic E-state index is 11.8. The van der Waals surface area contributed by atoms with Gasteiger partial charge in [-0.25, -0.2) is 9.19 Å². The molecule has 0 N–H and O–H groups in total. The van der Waals surface area contributed by atoms with Crippen LogP contribution in [0, 0.1) is 0 Å². The highest BCUT2D eigenvalue weighted by molar-refractivity contribution is 7.88. The van der Waals surface area contributed by atoms with Gasteiger partial charge in [-0.1, -0.05) is 24.3 Å². The van der Waals surface area contributed by atoms with Gasteiger partial charge in [-0.3, -0.25) is 0 Å². The number of hydrogen-bond donors (Lipinski definition) is 0. The van der Waals surface area contributed by atoms with Gasteiger partial charge in [0.1, 0.15) is 0 Å². The first-order valence-electron chi connectivity index (χ1n) is 5.74. The lowest BCUT2D eigenvalue weighted by Gasteiger charge is -2.05. The summed E-state index contributed by atoms with van der Waals surface area (Å²) < 4.78 is 11.8. The molecule has 2 heterocycles. The van der Waals surface area contributed by atoms with E-state index in [1.54, 1.807) is 5.41 Å². The van der Waals surface area contributed by atoms with E-state index >= 15 is 0 Å². The lowest BCUT2D eigenvalue weighted by Crippen LogP contribution is -1.89. The average molecular weight is 251 g/mol. The van der Waals surface area contributed by atoms with Gasteiger partial charge in [-0.15, -0.1) is 0 Å². The van der Waals surface area contributed by atoms with Crippen molar-refractivity contribution in [1.29, 1.82) is 0 Å². The van der Waals surface area contributed by atoms with Gasteiger partial charge in [0, 0.05) is 21.7 Å². The molecule has 1 unspecified atom stereocenters. The van der Waals surface area contributed by atoms with Crippen LogP contribution in [0.25, 0.3) is 27.9 Å². The number of aromatic nitrogens is 1. The largest absolute Gasteiger partial charge is 0.250 e. The molecule has 86 valence electrons. The molecular formula is C15H9NOS. The van der Waals surface area contributed by atoms with Crippen LogP contribution in [0.4, 0.5) is 0 Å². The van der Waals surface area contributed by atoms with Gasteiger partial charge in [0.05, 0.1) is 26.7 Å². The molecule has 1 aromatic heterocycles. The normalized spacial score (nSPS) is 17.4. The van der Waals surface area contributed by atoms with Crippen LogP contribution >= 0.6 is 0 Å². The zero-order chi connectivity index (χ0) is 12.1. The van der Waals surface area contributed by atoms with Gasteiger partial charge >= 0.3 is 0 Å². The van der Waals surface area contributed by atoms with E-state index in [9.17, 15) is 4.21 Å². The van der Waals surface area contributed by atoms with Crippen LogP contribution in [-0.4, -0.2) is 9.19 Å². The molecule has 0 amide bonds. The number of fused-ring (bicyclic) bond motifs is 4. The Bertz CT molecular complexity index is 852. The van der Waals surface area contributed by atoms with E-state index in [4.69, 9.17) is 4.98 Å². The number of pyridine rings is 1. The second-order valence-corrected chi connectivity index (χ2v) is 5.64. The van der Waals surface area contributed by atoms with E-state index in [1.165, 1.54) is 0 Å². The Morgan fingerprint density at radius 1 is 1.00 bits per heavy atom. The summed E-state index contributed by atoms with van der Waals surface area (Å²) in [5.74, 6) is 0. The zero-order valence-electron chi connectivity index (χ0n) is 9.46. The molecule has 1 atom stereocenters. The van der Waals surface area contributed by atoms with Gasteiger partial charge < -0.3 is 0 Å². The minimum absolute atomic E-state index is 0.866. The fourth-order valence-electron chi connectivity index (χ4n) is 2.39. The van der Waals surface area contributed by atoms with Crippen LogP contribution in [-0.2, 0) is 10.8 Å². The number of benzene rings is 2. The van der Waals surface area contributed by atoms with Crippen LogP contribution < -0.4 is 0 Å². The Labute approximate surface area is 106 Å². The van der Waals surface area contributed by atoms with E-state index in [1.807, 2.05) is 36.4 Å². The second-order valence-electron chi connectivity index (χ2n) is 4.33. The van der Waals surface area contributed by atoms with Gasteiger partial charge in [0.15, 0.2) is 0 Å². The average Bonchev–Trinajstić information content (AvgIpc) is 2.78. The first-order valence-corrected chi connectivity index (χ1v) is 6.95. The molecule has 0 aliphatic carbocycles. The smallest absolute Gasteiger partial charge is 0.0794 e. The monoisotopic (exact) mass is 251 g/mol. The summed E-state index contributed by atoms with van der Waals surface area (Å²) >= 11 is 0. The van der Waals surface area contributed by atoms with Crippen molar-refractivity contribution in [1.82, 2.24) is 4.98 Å². The van der Waals surface area contributed by atoms with Crippen molar-refractivity contribution in [2.75, 3.05) is 0 Å². The molecule has 4 rings (SSSR count). The molecule has 0 bridgehead atoms. The minimum Gasteiger partial charge on any atom is -0.250 e. The third-order valence-corrected chi connectivity index (χ3v) is 4.44. The Hall–Kier alpha value is -2.00. The fourth-order valence-corrected chi connectivity index (χ4v) is 3.38. The number of nitrogens with zero attached hydrogens (tertiary/aromatic N) is 1. The molecule has 2 aromatic carbocycles. The summed E-state index contributed by atoms with van der Waals surface area (Å²) in [7, 11) is -1.01. The zero-order valence-corrected chi connectivity index (χ0v) is 10.3. The molecular weight excluding hydrogens is 242 g/mol. The highest BCUT2D eigenvalue weighted by atomic mass is 32.2. The molecule has 1 aliphatic rings. The number of hydrogen-bond acceptors (Lipinski definition) is 2. The van der Waals surface area contributed by atoms with Gasteiger partial charge in [0.25, 0.3) is 0 Å². The summed E-state index contributed by atoms with van der Waals surface area (Å²) in [6.45, 7) is 0. The molecule has 1 aliphatic heterocycles. The van der Waals surface area contributed by atoms with E-state index < -0.39 is 10.8 Å². The second kappa shape index (κ2) is 3.50. The molecule has 2 nitrogen and oxygen atoms in total. The van der Waals surface area contributed by atoms with Crippen molar-refractivity contribution in [2.24, 2.45) is 0 Å². The van der Waals surface area contributed by atoms with Crippen LogP contribution in [0.5, 0.6) is 0 Å². The molecule has 18 heavy (non-hydrogen) atoms. The van der Waals surface area contributed by atoms with Crippen LogP contribution in [0.3, 0.4) is 0 Å². The molecule has 3 heteroatoms. The van der Waals surface area contributed by atoms with E-state index in [0.29, 0.717) is 0 Å². The van der Waals surface area contributed by atoms with Gasteiger partial charge in [0.2, 0.25) is 0 Å². The lowest BCUT2D eigenvalue weighted by atomic mass is 10.1. The van der Waals surface area contributed by atoms with Crippen molar-refractivity contribution in [3.05, 3.63) is 53.4 Å². The topological polar surface area (TPSA) is 30.0 Å². The van der Waals surface area contributed by atoms with Crippen molar-refractivity contribution in [3.63, 3.8) is 0 Å². The summed E-state index contributed by atoms with van der Waals surface area (Å²) in [6, 6.07) is 14.1. The van der Waals surface area contributed by atoms with Crippen LogP contribution in [0.1, 0.15) is 5.56 Å². The highest BCUT2D eigenvalue weighted by Crippen LogP contribution is 2.31. The fraction of sp³-hybridized carbons (Fsp3) is 0. The first-order chi connectivity index (χ1) is 8.83. The van der Waals surface area contributed by atoms with Crippen molar-refractivity contribution in [3.8, 4) is 0 Å². The lowest BCUT2D eigenvalue weighted by molar-refractivity contribution is 0.689. The van der Waals surface area contributed by atoms with Crippen molar-refractivity contribution >= 4 is 38.7 Å². The summed E-state index contributed by atoms with van der Waals surface area (Å²) in [5.41, 5.74) is 2.91. The maximum Gasteiger partial charge on any atom is 0.0794 e. The van der Waals surface area contributed by atoms with Crippen LogP contribution in [0.15, 0.2) is 52.8 Å². The third-order valence-electron chi connectivity index (χ3n) is 3.26. The SMILES string of the molecule is O=S1C=Cc2c1ccc1cc3ccccc3nc21. The number of para-hydroxylation sites is 1. The van der Waals surface area contributed by atoms with Gasteiger partial charge in [-0.2, -0.15) is 0 Å². The molecule has 0 saturated carbocycles. The predicted octanol–water partition coefficient (Wildman–Crippen LogP) is 3.48. The summed E-state index contributed by atoms with van der Waals surface area (Å²) in [4.78, 5) is 5.56. The standard InChI is InChI=1S/C15H9NOS/c17-18-8-7-12-14(18)6-5-11-9-10-3-1-2-4-13(10)16-15(11)12/h1-9H. The quantitative estimate of drug-likeness (QED) is 0.572.